The summed E-state index contributed by atoms with van der Waals surface area (Å²) >= 11 is 0. The van der Waals surface area contributed by atoms with Crippen molar-refractivity contribution in [1.29, 1.82) is 0 Å². The molecule has 0 saturated carbocycles. The molecule has 3 aliphatic rings. The first-order valence-electron chi connectivity index (χ1n) is 13.5. The van der Waals surface area contributed by atoms with E-state index in [4.69, 9.17) is 25.1 Å². The average molecular weight is 600 g/mol. The number of esters is 1. The second-order valence-corrected chi connectivity index (χ2v) is 10.4. The fourth-order valence-corrected chi connectivity index (χ4v) is 5.82. The first-order valence-corrected chi connectivity index (χ1v) is 13.5. The van der Waals surface area contributed by atoms with Crippen molar-refractivity contribution >= 4 is 23.0 Å². The number of ether oxygens (including phenoxy) is 3. The van der Waals surface area contributed by atoms with E-state index in [1.807, 2.05) is 12.1 Å². The lowest BCUT2D eigenvalue weighted by molar-refractivity contribution is -0.0511. The van der Waals surface area contributed by atoms with E-state index in [1.165, 1.54) is 41.5 Å². The topological polar surface area (TPSA) is 216 Å². The lowest BCUT2D eigenvalue weighted by Crippen LogP contribution is -2.33. The summed E-state index contributed by atoms with van der Waals surface area (Å²) in [5.74, 6) is 0.626. The van der Waals surface area contributed by atoms with Crippen LogP contribution in [0.1, 0.15) is 33.3 Å². The van der Waals surface area contributed by atoms with Crippen molar-refractivity contribution in [2.45, 2.75) is 30.1 Å². The second-order valence-electron chi connectivity index (χ2n) is 10.4. The van der Waals surface area contributed by atoms with Gasteiger partial charge < -0.3 is 45.5 Å². The number of aromatic hydroxyl groups is 2. The van der Waals surface area contributed by atoms with E-state index in [0.717, 1.165) is 0 Å². The van der Waals surface area contributed by atoms with Crippen LogP contribution in [0, 0.1) is 0 Å². The first kappa shape index (κ1) is 27.5. The number of nitrogens with two attached hydrogens (primary N) is 1. The molecule has 7 N–H and O–H groups in total. The number of aliphatic hydroxyl groups is 3. The number of benzene rings is 3. The number of carbonyl (C=O) groups excluding carboxylic acids is 1. The Hall–Kier alpha value is -5.28. The molecule has 0 bridgehead atoms. The Labute approximate surface area is 248 Å². The number of nitrogen functional groups attached to an aromatic ring is 1. The second kappa shape index (κ2) is 10.2. The van der Waals surface area contributed by atoms with E-state index in [9.17, 15) is 25.2 Å². The van der Waals surface area contributed by atoms with Crippen LogP contribution < -0.4 is 10.5 Å². The van der Waals surface area contributed by atoms with Gasteiger partial charge in [0.2, 0.25) is 0 Å². The van der Waals surface area contributed by atoms with Crippen LogP contribution in [0.15, 0.2) is 73.3 Å². The summed E-state index contributed by atoms with van der Waals surface area (Å²) < 4.78 is 18.6. The van der Waals surface area contributed by atoms with E-state index in [1.54, 1.807) is 24.3 Å². The molecule has 1 fully saturated rings. The highest BCUT2D eigenvalue weighted by molar-refractivity contribution is 5.97. The number of aromatic nitrogens is 4. The molecule has 44 heavy (non-hydrogen) atoms. The Morgan fingerprint density at radius 1 is 0.886 bits per heavy atom. The molecule has 2 aromatic heterocycles. The Morgan fingerprint density at radius 2 is 1.57 bits per heavy atom. The zero-order valence-electron chi connectivity index (χ0n) is 22.7. The van der Waals surface area contributed by atoms with E-state index in [2.05, 4.69) is 15.0 Å². The van der Waals surface area contributed by atoms with Crippen LogP contribution in [0.25, 0.3) is 11.2 Å². The third-order valence-corrected chi connectivity index (χ3v) is 7.86. The van der Waals surface area contributed by atoms with Crippen molar-refractivity contribution < 1.29 is 44.5 Å². The lowest BCUT2D eigenvalue weighted by atomic mass is 9.77. The number of fused-ring (bicyclic) bond motifs is 7. The Morgan fingerprint density at radius 3 is 2.23 bits per heavy atom. The van der Waals surface area contributed by atoms with Crippen LogP contribution in [-0.2, 0) is 15.1 Å². The van der Waals surface area contributed by atoms with Gasteiger partial charge in [-0.15, -0.1) is 0 Å². The molecule has 0 aliphatic carbocycles. The van der Waals surface area contributed by atoms with Crippen molar-refractivity contribution in [2.75, 3.05) is 12.3 Å². The smallest absolute Gasteiger partial charge is 0.340 e. The van der Waals surface area contributed by atoms with Gasteiger partial charge in [0.25, 0.3) is 0 Å². The van der Waals surface area contributed by atoms with E-state index in [-0.39, 0.29) is 17.3 Å². The molecule has 0 amide bonds. The van der Waals surface area contributed by atoms with Gasteiger partial charge in [-0.2, -0.15) is 0 Å². The molecule has 5 heterocycles. The predicted octanol–water partition coefficient (Wildman–Crippen LogP) is 1.69. The zero-order chi connectivity index (χ0) is 30.7. The standard InChI is InChI=1S/C20H12O5.C10H13N5O4/c21-11-5-7-15-17(9-11)24-18-10-12(22)6-8-16(18)20(15)14-4-2-1-3-13(14)19(23)25-20;11-8-5-9(13-2-12-8)15(3-14-5)10-7(18)6(17)4(1-16)19-10/h1-10,21-22H;2-4,6-7,10,16-18H,1H2,(H2,11,12,13)/t;4-,6-,7-,10-/m.1/s1. The average Bonchev–Trinajstić information content (AvgIpc) is 3.66. The van der Waals surface area contributed by atoms with E-state index < -0.39 is 42.7 Å². The van der Waals surface area contributed by atoms with Gasteiger partial charge in [0.05, 0.1) is 18.5 Å². The van der Waals surface area contributed by atoms with Crippen molar-refractivity contribution in [3.8, 4) is 23.0 Å². The van der Waals surface area contributed by atoms with Gasteiger partial charge in [0.1, 0.15) is 53.2 Å². The number of imidazole rings is 1. The molecule has 224 valence electrons. The molecule has 14 heteroatoms. The molecule has 1 saturated heterocycles. The Balaban J connectivity index is 0.000000148. The number of rotatable bonds is 2. The van der Waals surface area contributed by atoms with Crippen LogP contribution >= 0.6 is 0 Å². The SMILES string of the molecule is Nc1ncnc2c1ncn2[C@@H]1O[C@H](CO)[C@@H](O)[C@H]1O.O=C1OC2(c3ccc(O)cc3Oc3cc(O)ccc32)c2ccccc21. The maximum absolute atomic E-state index is 12.5. The number of hydrogen-bond acceptors (Lipinski definition) is 13. The van der Waals surface area contributed by atoms with Gasteiger partial charge >= 0.3 is 5.97 Å². The summed E-state index contributed by atoms with van der Waals surface area (Å²) in [4.78, 5) is 24.4. The van der Waals surface area contributed by atoms with Gasteiger partial charge in [0.15, 0.2) is 23.3 Å². The number of aliphatic hydroxyl groups excluding tert-OH is 3. The van der Waals surface area contributed by atoms with Crippen LogP contribution in [0.4, 0.5) is 5.82 Å². The normalized spacial score (nSPS) is 22.4. The van der Waals surface area contributed by atoms with Crippen molar-refractivity contribution in [2.24, 2.45) is 0 Å². The first-order chi connectivity index (χ1) is 21.2. The number of carbonyl (C=O) groups is 1. The summed E-state index contributed by atoms with van der Waals surface area (Å²) in [5, 5.41) is 48.4. The van der Waals surface area contributed by atoms with Crippen molar-refractivity contribution in [3.63, 3.8) is 0 Å². The van der Waals surface area contributed by atoms with Crippen LogP contribution in [0.2, 0.25) is 0 Å². The fraction of sp³-hybridized carbons (Fsp3) is 0.200. The number of phenolic OH excluding ortho intramolecular Hbond substituents is 2. The number of anilines is 1. The highest BCUT2D eigenvalue weighted by Gasteiger charge is 2.53. The number of hydrogen-bond donors (Lipinski definition) is 6. The summed E-state index contributed by atoms with van der Waals surface area (Å²) in [6, 6.07) is 16.6. The van der Waals surface area contributed by atoms with Gasteiger partial charge in [-0.1, -0.05) is 18.2 Å². The third-order valence-electron chi connectivity index (χ3n) is 7.86. The molecule has 3 aliphatic heterocycles. The van der Waals surface area contributed by atoms with Crippen molar-refractivity contribution in [3.05, 3.63) is 95.6 Å². The Bertz CT molecular complexity index is 1880. The summed E-state index contributed by atoms with van der Waals surface area (Å²) in [6.45, 7) is -0.390. The third kappa shape index (κ3) is 4.04. The minimum atomic E-state index is -1.19. The maximum Gasteiger partial charge on any atom is 0.340 e. The molecule has 1 spiro atoms. The maximum atomic E-state index is 12.5. The van der Waals surface area contributed by atoms with Gasteiger partial charge in [-0.05, 0) is 30.3 Å². The van der Waals surface area contributed by atoms with E-state index in [0.29, 0.717) is 44.9 Å². The molecular weight excluding hydrogens is 574 g/mol. The number of nitrogens with zero attached hydrogens (tertiary/aromatic N) is 4. The summed E-state index contributed by atoms with van der Waals surface area (Å²) in [7, 11) is 0. The molecule has 14 nitrogen and oxygen atoms in total. The predicted molar refractivity (Wildman–Crippen MR) is 151 cm³/mol. The highest BCUT2D eigenvalue weighted by Crippen LogP contribution is 2.56. The van der Waals surface area contributed by atoms with Gasteiger partial charge in [-0.3, -0.25) is 4.57 Å². The monoisotopic (exact) mass is 599 g/mol. The zero-order valence-corrected chi connectivity index (χ0v) is 22.7. The quantitative estimate of drug-likeness (QED) is 0.159. The molecule has 4 atom stereocenters. The lowest BCUT2D eigenvalue weighted by Gasteiger charge is -2.36. The molecule has 5 aromatic rings. The molecule has 3 aromatic carbocycles. The minimum Gasteiger partial charge on any atom is -0.508 e. The minimum absolute atomic E-state index is 0.0371. The van der Waals surface area contributed by atoms with Crippen molar-refractivity contribution in [1.82, 2.24) is 19.5 Å². The van der Waals surface area contributed by atoms with Crippen LogP contribution in [0.5, 0.6) is 23.0 Å². The summed E-state index contributed by atoms with van der Waals surface area (Å²) in [5.41, 5.74) is 7.73. The molecule has 0 unspecified atom stereocenters. The summed E-state index contributed by atoms with van der Waals surface area (Å²) in [6.07, 6.45) is -1.42. The molecule has 8 rings (SSSR count). The van der Waals surface area contributed by atoms with Crippen LogP contribution in [-0.4, -0.2) is 75.9 Å². The Kier molecular flexibility index (Phi) is 6.37. The van der Waals surface area contributed by atoms with Gasteiger partial charge in [0, 0.05) is 28.8 Å². The molecular formula is C30H25N5O9. The number of phenols is 2. The van der Waals surface area contributed by atoms with Crippen LogP contribution in [0.3, 0.4) is 0 Å². The molecule has 0 radical (unpaired) electrons. The van der Waals surface area contributed by atoms with E-state index >= 15 is 0 Å². The largest absolute Gasteiger partial charge is 0.508 e. The fourth-order valence-electron chi connectivity index (χ4n) is 5.82. The van der Waals surface area contributed by atoms with Gasteiger partial charge in [-0.25, -0.2) is 19.7 Å². The highest BCUT2D eigenvalue weighted by atomic mass is 16.6.